The summed E-state index contributed by atoms with van der Waals surface area (Å²) in [6, 6.07) is 4.35. The average molecular weight is 426 g/mol. The molecule has 0 bridgehead atoms. The van der Waals surface area contributed by atoms with Gasteiger partial charge in [0, 0.05) is 37.2 Å². The quantitative estimate of drug-likeness (QED) is 0.670. The summed E-state index contributed by atoms with van der Waals surface area (Å²) in [7, 11) is 0. The van der Waals surface area contributed by atoms with Crippen LogP contribution in [0.25, 0.3) is 22.4 Å². The Morgan fingerprint density at radius 1 is 1.19 bits per heavy atom. The van der Waals surface area contributed by atoms with E-state index in [1.54, 1.807) is 13.0 Å². The van der Waals surface area contributed by atoms with Crippen LogP contribution in [0.3, 0.4) is 0 Å². The zero-order chi connectivity index (χ0) is 21.5. The summed E-state index contributed by atoms with van der Waals surface area (Å²) >= 11 is 0. The van der Waals surface area contributed by atoms with E-state index in [1.807, 2.05) is 19.9 Å². The van der Waals surface area contributed by atoms with Crippen LogP contribution in [-0.2, 0) is 11.2 Å². The van der Waals surface area contributed by atoms with Gasteiger partial charge < -0.3 is 19.5 Å². The number of fused-ring (bicyclic) bond motifs is 1. The average Bonchev–Trinajstić information content (AvgIpc) is 3.51. The van der Waals surface area contributed by atoms with Crippen LogP contribution in [0.1, 0.15) is 36.7 Å². The first-order valence-electron chi connectivity index (χ1n) is 11.1. The fourth-order valence-corrected chi connectivity index (χ4v) is 4.69. The number of aromatic nitrogens is 3. The second-order valence-electron chi connectivity index (χ2n) is 8.57. The number of benzene rings is 1. The first-order chi connectivity index (χ1) is 15.0. The minimum absolute atomic E-state index is 0.288. The lowest BCUT2D eigenvalue weighted by Crippen LogP contribution is -2.40. The normalized spacial score (nSPS) is 21.5. The topological polar surface area (TPSA) is 76.3 Å². The van der Waals surface area contributed by atoms with E-state index < -0.39 is 0 Å². The lowest BCUT2D eigenvalue weighted by molar-refractivity contribution is 0.188. The summed E-state index contributed by atoms with van der Waals surface area (Å²) in [6.45, 7) is 9.02. The molecule has 5 rings (SSSR count). The lowest BCUT2D eigenvalue weighted by Gasteiger charge is -2.23. The summed E-state index contributed by atoms with van der Waals surface area (Å²) in [5.41, 5.74) is 3.05. The highest BCUT2D eigenvalue weighted by atomic mass is 19.1. The number of nitrogens with zero attached hydrogens (tertiary/aromatic N) is 4. The van der Waals surface area contributed by atoms with Crippen molar-refractivity contribution in [3.63, 3.8) is 0 Å². The molecule has 2 saturated heterocycles. The predicted octanol–water partition coefficient (Wildman–Crippen LogP) is 3.56. The maximum Gasteiger partial charge on any atom is 0.261 e. The number of nitrogens with one attached hydrogen (secondary N) is 1. The molecule has 1 aromatic carbocycles. The van der Waals surface area contributed by atoms with E-state index in [0.717, 1.165) is 67.6 Å². The summed E-state index contributed by atoms with van der Waals surface area (Å²) in [6.07, 6.45) is 2.80. The van der Waals surface area contributed by atoms with Gasteiger partial charge in [-0.2, -0.15) is 4.98 Å². The molecule has 31 heavy (non-hydrogen) atoms. The number of ether oxygens (including phenoxy) is 1. The molecule has 3 aromatic rings. The van der Waals surface area contributed by atoms with Crippen molar-refractivity contribution in [3.8, 4) is 11.5 Å². The Bertz CT molecular complexity index is 1110. The molecule has 164 valence electrons. The minimum Gasteiger partial charge on any atom is -0.380 e. The smallest absolute Gasteiger partial charge is 0.261 e. The van der Waals surface area contributed by atoms with Crippen molar-refractivity contribution < 1.29 is 13.7 Å². The molecule has 2 atom stereocenters. The van der Waals surface area contributed by atoms with E-state index in [2.05, 4.69) is 20.4 Å². The van der Waals surface area contributed by atoms with Gasteiger partial charge in [0.1, 0.15) is 17.2 Å². The Morgan fingerprint density at radius 3 is 2.77 bits per heavy atom. The monoisotopic (exact) mass is 425 g/mol. The fourth-order valence-electron chi connectivity index (χ4n) is 4.69. The molecule has 8 heteroatoms. The first-order valence-corrected chi connectivity index (χ1v) is 11.1. The number of hydrogen-bond acceptors (Lipinski definition) is 7. The largest absolute Gasteiger partial charge is 0.380 e. The third-order valence-electron chi connectivity index (χ3n) is 6.38. The SMILES string of the molecule is CCc1cc(F)c2nc(N3CC[C@H](N[C@H]4CCOC4)C3)c(-c3nc(C)no3)c(C)c2c1. The third kappa shape index (κ3) is 3.78. The van der Waals surface area contributed by atoms with Crippen LogP contribution in [0.4, 0.5) is 10.2 Å². The fraction of sp³-hybridized carbons (Fsp3) is 0.522. The maximum absolute atomic E-state index is 15.0. The second-order valence-corrected chi connectivity index (χ2v) is 8.57. The van der Waals surface area contributed by atoms with Crippen LogP contribution < -0.4 is 10.2 Å². The van der Waals surface area contributed by atoms with Gasteiger partial charge in [0.2, 0.25) is 0 Å². The molecule has 2 aliphatic heterocycles. The molecular weight excluding hydrogens is 397 g/mol. The second kappa shape index (κ2) is 8.16. The van der Waals surface area contributed by atoms with Gasteiger partial charge in [-0.3, -0.25) is 0 Å². The number of aryl methyl sites for hydroxylation is 3. The molecule has 7 nitrogen and oxygen atoms in total. The van der Waals surface area contributed by atoms with E-state index in [0.29, 0.717) is 35.1 Å². The molecular formula is C23H28FN5O2. The van der Waals surface area contributed by atoms with E-state index in [4.69, 9.17) is 14.2 Å². The third-order valence-corrected chi connectivity index (χ3v) is 6.38. The minimum atomic E-state index is -0.288. The van der Waals surface area contributed by atoms with Crippen molar-refractivity contribution in [3.05, 3.63) is 34.9 Å². The van der Waals surface area contributed by atoms with Gasteiger partial charge in [-0.25, -0.2) is 9.37 Å². The van der Waals surface area contributed by atoms with Gasteiger partial charge in [0.05, 0.1) is 12.2 Å². The Balaban J connectivity index is 1.58. The highest BCUT2D eigenvalue weighted by Gasteiger charge is 2.31. The standard InChI is InChI=1S/C23H28FN5O2/c1-4-15-9-18-13(2)20(23-25-14(3)28-31-23)22(27-21(18)19(24)10-15)29-7-5-16(11-29)26-17-6-8-30-12-17/h9-10,16-17,26H,4-8,11-12H2,1-3H3/t16-,17-/m0/s1. The molecule has 0 unspecified atom stereocenters. The van der Waals surface area contributed by atoms with Crippen LogP contribution in [0, 0.1) is 19.7 Å². The van der Waals surface area contributed by atoms with Gasteiger partial charge in [-0.1, -0.05) is 12.1 Å². The van der Waals surface area contributed by atoms with Crippen molar-refractivity contribution in [1.29, 1.82) is 0 Å². The molecule has 0 amide bonds. The number of anilines is 1. The van der Waals surface area contributed by atoms with Gasteiger partial charge in [0.25, 0.3) is 5.89 Å². The van der Waals surface area contributed by atoms with E-state index in [1.165, 1.54) is 0 Å². The molecule has 0 saturated carbocycles. The van der Waals surface area contributed by atoms with Gasteiger partial charge >= 0.3 is 0 Å². The Morgan fingerprint density at radius 2 is 2.06 bits per heavy atom. The molecule has 0 spiro atoms. The maximum atomic E-state index is 15.0. The van der Waals surface area contributed by atoms with Crippen molar-refractivity contribution in [2.24, 2.45) is 0 Å². The van der Waals surface area contributed by atoms with Crippen LogP contribution in [0.15, 0.2) is 16.7 Å². The lowest BCUT2D eigenvalue weighted by atomic mass is 10.00. The zero-order valence-corrected chi connectivity index (χ0v) is 18.2. The first kappa shape index (κ1) is 20.3. The van der Waals surface area contributed by atoms with Crippen LogP contribution >= 0.6 is 0 Å². The van der Waals surface area contributed by atoms with Crippen molar-refractivity contribution >= 4 is 16.7 Å². The number of pyridine rings is 1. The number of rotatable bonds is 5. The number of hydrogen-bond donors (Lipinski definition) is 1. The summed E-state index contributed by atoms with van der Waals surface area (Å²) < 4.78 is 26.1. The molecule has 2 aromatic heterocycles. The molecule has 0 radical (unpaired) electrons. The molecule has 0 aliphatic carbocycles. The Kier molecular flexibility index (Phi) is 5.35. The van der Waals surface area contributed by atoms with Crippen LogP contribution in [0.2, 0.25) is 0 Å². The van der Waals surface area contributed by atoms with Gasteiger partial charge in [-0.05, 0) is 56.4 Å². The Hall–Kier alpha value is -2.58. The molecule has 1 N–H and O–H groups in total. The summed E-state index contributed by atoms with van der Waals surface area (Å²) in [5, 5.41) is 8.48. The van der Waals surface area contributed by atoms with Crippen LogP contribution in [-0.4, -0.2) is 53.5 Å². The number of halogens is 1. The van der Waals surface area contributed by atoms with E-state index >= 15 is 4.39 Å². The van der Waals surface area contributed by atoms with Gasteiger partial charge in [-0.15, -0.1) is 0 Å². The van der Waals surface area contributed by atoms with Gasteiger partial charge in [0.15, 0.2) is 5.82 Å². The molecule has 4 heterocycles. The highest BCUT2D eigenvalue weighted by molar-refractivity contribution is 5.93. The van der Waals surface area contributed by atoms with Crippen molar-refractivity contribution in [2.75, 3.05) is 31.2 Å². The zero-order valence-electron chi connectivity index (χ0n) is 18.2. The summed E-state index contributed by atoms with van der Waals surface area (Å²) in [5.74, 6) is 1.42. The molecule has 2 aliphatic rings. The molecule has 2 fully saturated rings. The highest BCUT2D eigenvalue weighted by Crippen LogP contribution is 2.38. The Labute approximate surface area is 181 Å². The van der Waals surface area contributed by atoms with Crippen LogP contribution in [0.5, 0.6) is 0 Å². The van der Waals surface area contributed by atoms with Crippen molar-refractivity contribution in [1.82, 2.24) is 20.4 Å². The predicted molar refractivity (Wildman–Crippen MR) is 117 cm³/mol. The van der Waals surface area contributed by atoms with Crippen molar-refractivity contribution in [2.45, 2.75) is 52.1 Å². The summed E-state index contributed by atoms with van der Waals surface area (Å²) in [4.78, 5) is 11.5. The van der Waals surface area contributed by atoms with E-state index in [-0.39, 0.29) is 5.82 Å². The van der Waals surface area contributed by atoms with E-state index in [9.17, 15) is 0 Å².